The summed E-state index contributed by atoms with van der Waals surface area (Å²) in [5.74, 6) is -0.369. The van der Waals surface area contributed by atoms with Gasteiger partial charge in [-0.05, 0) is 77.0 Å². The zero-order valence-corrected chi connectivity index (χ0v) is 27.5. The summed E-state index contributed by atoms with van der Waals surface area (Å²) in [4.78, 5) is 28.2. The van der Waals surface area contributed by atoms with Crippen molar-refractivity contribution in [1.29, 1.82) is 0 Å². The second-order valence-corrected chi connectivity index (χ2v) is 14.5. The van der Waals surface area contributed by atoms with E-state index in [4.69, 9.17) is 14.2 Å². The summed E-state index contributed by atoms with van der Waals surface area (Å²) in [6.45, 7) is 17.5. The second-order valence-electron chi connectivity index (χ2n) is 14.5. The SMILES string of the molecule is COc1cc([C@H]2CN(CC(=O)NCCCC[N+](C)(C)C(C)(C)C)[C@H](CC(C)(C)C=C(C)C)[C@H]2C(=O)O)cc2c1OCO2. The third-order valence-electron chi connectivity index (χ3n) is 9.19. The van der Waals surface area contributed by atoms with E-state index in [0.717, 1.165) is 29.4 Å². The number of carboxylic acids is 1. The zero-order chi connectivity index (χ0) is 31.5. The first kappa shape index (κ1) is 33.7. The predicted octanol–water partition coefficient (Wildman–Crippen LogP) is 5.05. The molecule has 0 aromatic heterocycles. The number of rotatable bonds is 13. The van der Waals surface area contributed by atoms with Crippen LogP contribution in [-0.4, -0.2) is 92.1 Å². The van der Waals surface area contributed by atoms with Crippen LogP contribution in [0.3, 0.4) is 0 Å². The molecule has 0 unspecified atom stereocenters. The summed E-state index contributed by atoms with van der Waals surface area (Å²) < 4.78 is 17.7. The van der Waals surface area contributed by atoms with Gasteiger partial charge in [-0.2, -0.15) is 0 Å². The van der Waals surface area contributed by atoms with Gasteiger partial charge in [0.15, 0.2) is 11.5 Å². The Morgan fingerprint density at radius 2 is 1.83 bits per heavy atom. The Bertz CT molecular complexity index is 1150. The van der Waals surface area contributed by atoms with Crippen molar-refractivity contribution < 1.29 is 33.4 Å². The van der Waals surface area contributed by atoms with Gasteiger partial charge in [-0.3, -0.25) is 14.5 Å². The highest BCUT2D eigenvalue weighted by atomic mass is 16.7. The maximum atomic E-state index is 13.2. The first-order valence-electron chi connectivity index (χ1n) is 15.2. The van der Waals surface area contributed by atoms with Crippen molar-refractivity contribution in [3.63, 3.8) is 0 Å². The lowest BCUT2D eigenvalue weighted by molar-refractivity contribution is -0.935. The molecule has 2 N–H and O–H groups in total. The van der Waals surface area contributed by atoms with Gasteiger partial charge in [0.25, 0.3) is 0 Å². The first-order chi connectivity index (χ1) is 19.5. The number of carboxylic acid groups (broad SMARTS) is 1. The fourth-order valence-corrected chi connectivity index (χ4v) is 6.26. The molecule has 42 heavy (non-hydrogen) atoms. The summed E-state index contributed by atoms with van der Waals surface area (Å²) in [6, 6.07) is 3.39. The Morgan fingerprint density at radius 1 is 1.14 bits per heavy atom. The fraction of sp³-hybridized carbons (Fsp3) is 0.697. The highest BCUT2D eigenvalue weighted by Crippen LogP contribution is 2.48. The second kappa shape index (κ2) is 13.2. The van der Waals surface area contributed by atoms with Gasteiger partial charge in [-0.25, -0.2) is 0 Å². The molecule has 0 saturated carbocycles. The van der Waals surface area contributed by atoms with E-state index in [1.807, 2.05) is 12.1 Å². The molecular formula is C33H54N3O6+. The van der Waals surface area contributed by atoms with Crippen LogP contribution in [0.1, 0.15) is 79.2 Å². The molecule has 236 valence electrons. The molecule has 0 bridgehead atoms. The van der Waals surface area contributed by atoms with E-state index in [-0.39, 0.29) is 42.2 Å². The monoisotopic (exact) mass is 588 g/mol. The molecule has 2 heterocycles. The summed E-state index contributed by atoms with van der Waals surface area (Å²) in [5, 5.41) is 13.7. The van der Waals surface area contributed by atoms with Crippen molar-refractivity contribution in [2.24, 2.45) is 11.3 Å². The molecule has 9 heteroatoms. The van der Waals surface area contributed by atoms with E-state index in [9.17, 15) is 14.7 Å². The molecule has 2 aliphatic rings. The standard InChI is InChI=1S/C33H53N3O6/c1-22(2)17-33(6,7)18-25-29(31(38)39)24(23-15-26(40-10)30-27(16-23)41-21-42-30)19-35(25)20-28(37)34-13-11-12-14-36(8,9)32(3,4)5/h15-17,24-25,29H,11-14,18-21H2,1-10H3,(H-,34,37,38,39)/p+1/t24-,25-,29+/m1/s1. The van der Waals surface area contributed by atoms with Crippen LogP contribution < -0.4 is 19.5 Å². The van der Waals surface area contributed by atoms with Gasteiger partial charge in [0.05, 0.1) is 45.8 Å². The normalized spacial score (nSPS) is 20.9. The number of carbonyl (C=O) groups is 2. The Hall–Kier alpha value is -2.78. The Labute approximate surface area is 252 Å². The quantitative estimate of drug-likeness (QED) is 0.189. The van der Waals surface area contributed by atoms with E-state index in [1.54, 1.807) is 7.11 Å². The molecule has 3 rings (SSSR count). The number of hydrogen-bond acceptors (Lipinski definition) is 6. The molecule has 1 amide bonds. The van der Waals surface area contributed by atoms with Crippen LogP contribution in [0.5, 0.6) is 17.2 Å². The Morgan fingerprint density at radius 3 is 2.43 bits per heavy atom. The number of allylic oxidation sites excluding steroid dienone is 2. The number of amides is 1. The van der Waals surface area contributed by atoms with E-state index < -0.39 is 11.9 Å². The van der Waals surface area contributed by atoms with Crippen molar-refractivity contribution in [3.8, 4) is 17.2 Å². The summed E-state index contributed by atoms with van der Waals surface area (Å²) in [5.41, 5.74) is 1.91. The number of likely N-dealkylation sites (tertiary alicyclic amines) is 1. The molecule has 3 atom stereocenters. The van der Waals surface area contributed by atoms with E-state index in [2.05, 4.69) is 78.9 Å². The van der Waals surface area contributed by atoms with E-state index >= 15 is 0 Å². The van der Waals surface area contributed by atoms with Crippen molar-refractivity contribution in [2.45, 2.75) is 85.2 Å². The Kier molecular flexibility index (Phi) is 10.6. The van der Waals surface area contributed by atoms with Crippen LogP contribution in [0.4, 0.5) is 0 Å². The van der Waals surface area contributed by atoms with Gasteiger partial charge < -0.3 is 29.1 Å². The predicted molar refractivity (Wildman–Crippen MR) is 165 cm³/mol. The minimum Gasteiger partial charge on any atom is -0.493 e. The van der Waals surface area contributed by atoms with E-state index in [0.29, 0.717) is 36.8 Å². The average Bonchev–Trinajstić information content (AvgIpc) is 3.46. The first-order valence-corrected chi connectivity index (χ1v) is 15.2. The van der Waals surface area contributed by atoms with Crippen LogP contribution in [0.15, 0.2) is 23.8 Å². The molecule has 9 nitrogen and oxygen atoms in total. The van der Waals surface area contributed by atoms with Gasteiger partial charge in [-0.1, -0.05) is 25.5 Å². The number of hydrogen-bond donors (Lipinski definition) is 2. The molecule has 2 aliphatic heterocycles. The van der Waals surface area contributed by atoms with Crippen molar-refractivity contribution in [2.75, 3.05) is 54.2 Å². The maximum absolute atomic E-state index is 13.2. The summed E-state index contributed by atoms with van der Waals surface area (Å²) in [6.07, 6.45) is 4.72. The van der Waals surface area contributed by atoms with Gasteiger partial charge in [0, 0.05) is 25.0 Å². The van der Waals surface area contributed by atoms with Crippen LogP contribution in [0.2, 0.25) is 0 Å². The molecule has 0 spiro atoms. The van der Waals surface area contributed by atoms with Crippen molar-refractivity contribution in [1.82, 2.24) is 10.2 Å². The van der Waals surface area contributed by atoms with Crippen LogP contribution in [0.25, 0.3) is 0 Å². The number of unbranched alkanes of at least 4 members (excludes halogenated alkanes) is 1. The molecule has 1 saturated heterocycles. The maximum Gasteiger partial charge on any atom is 0.308 e. The summed E-state index contributed by atoms with van der Waals surface area (Å²) in [7, 11) is 6.05. The number of nitrogens with one attached hydrogen (secondary N) is 1. The van der Waals surface area contributed by atoms with Crippen LogP contribution >= 0.6 is 0 Å². The van der Waals surface area contributed by atoms with Gasteiger partial charge in [-0.15, -0.1) is 0 Å². The number of nitrogens with zero attached hydrogens (tertiary/aromatic N) is 2. The zero-order valence-electron chi connectivity index (χ0n) is 27.5. The molecule has 1 aromatic carbocycles. The highest BCUT2D eigenvalue weighted by Gasteiger charge is 2.49. The molecule has 0 radical (unpaired) electrons. The topological polar surface area (TPSA) is 97.3 Å². The molecule has 0 aliphatic carbocycles. The van der Waals surface area contributed by atoms with E-state index in [1.165, 1.54) is 5.57 Å². The minimum atomic E-state index is -0.864. The highest BCUT2D eigenvalue weighted by molar-refractivity contribution is 5.79. The number of methoxy groups -OCH3 is 1. The average molecular weight is 589 g/mol. The molecule has 1 aromatic rings. The molecular weight excluding hydrogens is 534 g/mol. The van der Waals surface area contributed by atoms with Crippen molar-refractivity contribution in [3.05, 3.63) is 29.3 Å². The number of carbonyl (C=O) groups excluding carboxylic acids is 1. The van der Waals surface area contributed by atoms with Gasteiger partial charge in [0.1, 0.15) is 0 Å². The third kappa shape index (κ3) is 8.19. The van der Waals surface area contributed by atoms with Crippen molar-refractivity contribution >= 4 is 11.9 Å². The van der Waals surface area contributed by atoms with Crippen LogP contribution in [0, 0.1) is 11.3 Å². The lowest BCUT2D eigenvalue weighted by atomic mass is 9.77. The smallest absolute Gasteiger partial charge is 0.308 e. The summed E-state index contributed by atoms with van der Waals surface area (Å²) >= 11 is 0. The number of benzene rings is 1. The number of ether oxygens (including phenoxy) is 3. The number of quaternary nitrogens is 1. The lowest BCUT2D eigenvalue weighted by Crippen LogP contribution is -2.54. The minimum absolute atomic E-state index is 0.0716. The van der Waals surface area contributed by atoms with Gasteiger partial charge in [0.2, 0.25) is 18.4 Å². The lowest BCUT2D eigenvalue weighted by Gasteiger charge is -2.42. The number of aliphatic carboxylic acids is 1. The third-order valence-corrected chi connectivity index (χ3v) is 9.19. The van der Waals surface area contributed by atoms with Crippen LogP contribution in [-0.2, 0) is 9.59 Å². The fourth-order valence-electron chi connectivity index (χ4n) is 6.26. The van der Waals surface area contributed by atoms with Gasteiger partial charge >= 0.3 is 5.97 Å². The molecule has 1 fully saturated rings. The largest absolute Gasteiger partial charge is 0.493 e. The number of fused-ring (bicyclic) bond motifs is 1. The Balaban J connectivity index is 1.79.